The van der Waals surface area contributed by atoms with Gasteiger partial charge in [-0.25, -0.2) is 8.42 Å². The summed E-state index contributed by atoms with van der Waals surface area (Å²) in [4.78, 5) is 15.0. The van der Waals surface area contributed by atoms with Crippen LogP contribution < -0.4 is 4.90 Å². The zero-order chi connectivity index (χ0) is 20.1. The lowest BCUT2D eigenvalue weighted by Crippen LogP contribution is -2.32. The molecule has 0 aromatic heterocycles. The minimum absolute atomic E-state index is 0.0798. The van der Waals surface area contributed by atoms with E-state index in [1.165, 1.54) is 6.07 Å². The molecule has 150 valence electrons. The second-order valence-electron chi connectivity index (χ2n) is 7.51. The summed E-state index contributed by atoms with van der Waals surface area (Å²) in [6.45, 7) is 1.11. The van der Waals surface area contributed by atoms with Crippen LogP contribution in [0.2, 0.25) is 0 Å². The fourth-order valence-electron chi connectivity index (χ4n) is 3.49. The van der Waals surface area contributed by atoms with Crippen molar-refractivity contribution in [1.82, 2.24) is 4.31 Å². The summed E-state index contributed by atoms with van der Waals surface area (Å²) in [5, 5.41) is 0. The zero-order valence-corrected chi connectivity index (χ0v) is 17.4. The van der Waals surface area contributed by atoms with Crippen molar-refractivity contribution in [1.29, 1.82) is 0 Å². The van der Waals surface area contributed by atoms with Gasteiger partial charge in [0, 0.05) is 44.9 Å². The van der Waals surface area contributed by atoms with Crippen molar-refractivity contribution in [3.05, 3.63) is 59.7 Å². The molecule has 1 aliphatic rings. The summed E-state index contributed by atoms with van der Waals surface area (Å²) in [5.74, 6) is -0.0798. The quantitative estimate of drug-likeness (QED) is 0.693. The maximum Gasteiger partial charge on any atom is 0.243 e. The Hall–Kier alpha value is -2.18. The van der Waals surface area contributed by atoms with Gasteiger partial charge < -0.3 is 4.90 Å². The van der Waals surface area contributed by atoms with Gasteiger partial charge in [0.15, 0.2) is 5.78 Å². The van der Waals surface area contributed by atoms with E-state index >= 15 is 0 Å². The monoisotopic (exact) mass is 400 g/mol. The molecule has 2 aromatic carbocycles. The molecule has 0 bridgehead atoms. The maximum absolute atomic E-state index is 13.0. The molecule has 6 heteroatoms. The molecule has 28 heavy (non-hydrogen) atoms. The number of hydrogen-bond acceptors (Lipinski definition) is 4. The molecule has 1 aliphatic heterocycles. The normalized spacial score (nSPS) is 15.8. The molecule has 2 aromatic rings. The molecule has 0 amide bonds. The van der Waals surface area contributed by atoms with E-state index in [2.05, 4.69) is 0 Å². The van der Waals surface area contributed by atoms with Gasteiger partial charge in [-0.15, -0.1) is 0 Å². The van der Waals surface area contributed by atoms with E-state index in [1.807, 2.05) is 43.3 Å². The van der Waals surface area contributed by atoms with Crippen LogP contribution in [-0.2, 0) is 16.4 Å². The van der Waals surface area contributed by atoms with Gasteiger partial charge in [0.05, 0.1) is 4.90 Å². The van der Waals surface area contributed by atoms with Gasteiger partial charge >= 0.3 is 0 Å². The Bertz CT molecular complexity index is 930. The third-order valence-corrected chi connectivity index (χ3v) is 7.05. The second-order valence-corrected chi connectivity index (χ2v) is 9.45. The minimum Gasteiger partial charge on any atom is -0.378 e. The number of anilines is 1. The van der Waals surface area contributed by atoms with Crippen molar-refractivity contribution in [3.63, 3.8) is 0 Å². The van der Waals surface area contributed by atoms with Crippen molar-refractivity contribution in [3.8, 4) is 0 Å². The first-order chi connectivity index (χ1) is 13.4. The Morgan fingerprint density at radius 3 is 2.32 bits per heavy atom. The average molecular weight is 401 g/mol. The molecule has 0 spiro atoms. The number of Topliss-reactive ketones (excluding diaryl/α,β-unsaturated/α-hetero) is 1. The van der Waals surface area contributed by atoms with Gasteiger partial charge in [-0.3, -0.25) is 4.79 Å². The Morgan fingerprint density at radius 2 is 1.64 bits per heavy atom. The molecule has 5 nitrogen and oxygen atoms in total. The van der Waals surface area contributed by atoms with Gasteiger partial charge in [0.25, 0.3) is 0 Å². The molecule has 1 heterocycles. The minimum atomic E-state index is -3.56. The fourth-order valence-corrected chi connectivity index (χ4v) is 5.06. The standard InChI is InChI=1S/C22H28N2O3S/c1-23(2)20-11-7-9-18(15-20)16-22(25)19-10-8-12-21(17-19)28(26,27)24-13-5-3-4-6-14-24/h7-12,15,17H,3-6,13-14,16H2,1-2H3. The predicted octanol–water partition coefficient (Wildman–Crippen LogP) is 3.74. The highest BCUT2D eigenvalue weighted by atomic mass is 32.2. The van der Waals surface area contributed by atoms with Gasteiger partial charge in [0.2, 0.25) is 10.0 Å². The Kier molecular flexibility index (Phi) is 6.52. The largest absolute Gasteiger partial charge is 0.378 e. The maximum atomic E-state index is 13.0. The van der Waals surface area contributed by atoms with E-state index in [9.17, 15) is 13.2 Å². The van der Waals surface area contributed by atoms with E-state index in [0.29, 0.717) is 18.7 Å². The first-order valence-electron chi connectivity index (χ1n) is 9.77. The van der Waals surface area contributed by atoms with Gasteiger partial charge in [-0.1, -0.05) is 37.1 Å². The molecule has 3 rings (SSSR count). The van der Waals surface area contributed by atoms with Crippen LogP contribution in [0.5, 0.6) is 0 Å². The first-order valence-corrected chi connectivity index (χ1v) is 11.2. The highest BCUT2D eigenvalue weighted by molar-refractivity contribution is 7.89. The van der Waals surface area contributed by atoms with Crippen molar-refractivity contribution in [2.24, 2.45) is 0 Å². The zero-order valence-electron chi connectivity index (χ0n) is 16.6. The van der Waals surface area contributed by atoms with Crippen molar-refractivity contribution in [2.75, 3.05) is 32.1 Å². The van der Waals surface area contributed by atoms with Crippen LogP contribution in [0.25, 0.3) is 0 Å². The molecule has 0 saturated carbocycles. The van der Waals surface area contributed by atoms with Gasteiger partial charge in [0.1, 0.15) is 0 Å². The smallest absolute Gasteiger partial charge is 0.243 e. The number of rotatable bonds is 6. The number of carbonyl (C=O) groups excluding carboxylic acids is 1. The second kappa shape index (κ2) is 8.88. The van der Waals surface area contributed by atoms with Crippen molar-refractivity contribution < 1.29 is 13.2 Å². The predicted molar refractivity (Wildman–Crippen MR) is 112 cm³/mol. The Balaban J connectivity index is 1.80. The van der Waals surface area contributed by atoms with Gasteiger partial charge in [-0.05, 0) is 42.7 Å². The summed E-state index contributed by atoms with van der Waals surface area (Å²) >= 11 is 0. The highest BCUT2D eigenvalue weighted by Crippen LogP contribution is 2.22. The summed E-state index contributed by atoms with van der Waals surface area (Å²) in [6, 6.07) is 14.3. The molecule has 0 atom stereocenters. The number of benzene rings is 2. The number of carbonyl (C=O) groups is 1. The van der Waals surface area contributed by atoms with E-state index < -0.39 is 10.0 Å². The van der Waals surface area contributed by atoms with E-state index in [0.717, 1.165) is 36.9 Å². The van der Waals surface area contributed by atoms with Crippen LogP contribution in [-0.4, -0.2) is 45.7 Å². The summed E-state index contributed by atoms with van der Waals surface area (Å²) in [5.41, 5.74) is 2.38. The Morgan fingerprint density at radius 1 is 0.964 bits per heavy atom. The van der Waals surface area contributed by atoms with Crippen LogP contribution in [0.15, 0.2) is 53.4 Å². The summed E-state index contributed by atoms with van der Waals surface area (Å²) < 4.78 is 27.6. The Labute approximate surface area is 168 Å². The van der Waals surface area contributed by atoms with Crippen LogP contribution >= 0.6 is 0 Å². The third kappa shape index (κ3) is 4.80. The SMILES string of the molecule is CN(C)c1cccc(CC(=O)c2cccc(S(=O)(=O)N3CCCCCC3)c2)c1. The first kappa shape index (κ1) is 20.6. The van der Waals surface area contributed by atoms with Crippen LogP contribution in [0.4, 0.5) is 5.69 Å². The summed E-state index contributed by atoms with van der Waals surface area (Å²) in [6.07, 6.45) is 4.15. The van der Waals surface area contributed by atoms with E-state index in [1.54, 1.807) is 22.5 Å². The number of nitrogens with zero attached hydrogens (tertiary/aromatic N) is 2. The molecule has 0 aliphatic carbocycles. The lowest BCUT2D eigenvalue weighted by molar-refractivity contribution is 0.0993. The van der Waals surface area contributed by atoms with Crippen LogP contribution in [0.3, 0.4) is 0 Å². The third-order valence-electron chi connectivity index (χ3n) is 5.15. The average Bonchev–Trinajstić information content (AvgIpc) is 2.98. The highest BCUT2D eigenvalue weighted by Gasteiger charge is 2.25. The lowest BCUT2D eigenvalue weighted by Gasteiger charge is -2.20. The molecule has 0 radical (unpaired) electrons. The van der Waals surface area contributed by atoms with E-state index in [-0.39, 0.29) is 17.1 Å². The molecular weight excluding hydrogens is 372 g/mol. The number of ketones is 1. The molecule has 1 fully saturated rings. The van der Waals surface area contributed by atoms with E-state index in [4.69, 9.17) is 0 Å². The van der Waals surface area contributed by atoms with Crippen LogP contribution in [0, 0.1) is 0 Å². The lowest BCUT2D eigenvalue weighted by atomic mass is 10.0. The summed E-state index contributed by atoms with van der Waals surface area (Å²) in [7, 11) is 0.355. The van der Waals surface area contributed by atoms with Gasteiger partial charge in [-0.2, -0.15) is 4.31 Å². The molecule has 0 unspecified atom stereocenters. The van der Waals surface area contributed by atoms with Crippen molar-refractivity contribution >= 4 is 21.5 Å². The molecular formula is C22H28N2O3S. The molecule has 0 N–H and O–H groups in total. The topological polar surface area (TPSA) is 57.7 Å². The number of sulfonamides is 1. The van der Waals surface area contributed by atoms with Crippen LogP contribution in [0.1, 0.15) is 41.6 Å². The fraction of sp³-hybridized carbons (Fsp3) is 0.409. The number of hydrogen-bond donors (Lipinski definition) is 0. The van der Waals surface area contributed by atoms with Crippen molar-refractivity contribution in [2.45, 2.75) is 37.0 Å². The molecule has 1 saturated heterocycles.